The number of hydrogen-bond acceptors (Lipinski definition) is 5. The number of nitrogens with zero attached hydrogens (tertiary/aromatic N) is 3. The zero-order valence-electron chi connectivity index (χ0n) is 19.2. The van der Waals surface area contributed by atoms with E-state index >= 15 is 0 Å². The molecule has 6 heteroatoms. The van der Waals surface area contributed by atoms with Crippen LogP contribution < -0.4 is 0 Å². The first kappa shape index (κ1) is 24.4. The van der Waals surface area contributed by atoms with Gasteiger partial charge >= 0.3 is 0 Å². The van der Waals surface area contributed by atoms with Gasteiger partial charge in [0.1, 0.15) is 0 Å². The molecule has 0 spiro atoms. The number of allylic oxidation sites excluding steroid dienone is 5. The Kier molecular flexibility index (Phi) is 9.54. The molecule has 0 radical (unpaired) electrons. The van der Waals surface area contributed by atoms with Crippen molar-refractivity contribution in [3.8, 4) is 12.3 Å². The third-order valence-electron chi connectivity index (χ3n) is 4.81. The third-order valence-corrected chi connectivity index (χ3v) is 4.81. The Morgan fingerprint density at radius 1 is 1.32 bits per heavy atom. The Bertz CT molecular complexity index is 1010. The van der Waals surface area contributed by atoms with Gasteiger partial charge in [-0.2, -0.15) is 0 Å². The number of terminal acetylenes is 1. The van der Waals surface area contributed by atoms with Gasteiger partial charge in [0.25, 0.3) is 0 Å². The highest BCUT2D eigenvalue weighted by molar-refractivity contribution is 5.85. The maximum atomic E-state index is 10.0. The van der Waals surface area contributed by atoms with Crippen LogP contribution in [0.25, 0.3) is 16.6 Å². The molecule has 31 heavy (non-hydrogen) atoms. The van der Waals surface area contributed by atoms with E-state index in [9.17, 15) is 5.21 Å². The summed E-state index contributed by atoms with van der Waals surface area (Å²) >= 11 is 0. The molecule has 0 unspecified atom stereocenters. The molecule has 0 aliphatic heterocycles. The van der Waals surface area contributed by atoms with E-state index in [2.05, 4.69) is 28.6 Å². The number of rotatable bonds is 11. The van der Waals surface area contributed by atoms with Crippen molar-refractivity contribution in [3.63, 3.8) is 0 Å². The lowest BCUT2D eigenvalue weighted by Crippen LogP contribution is -2.12. The summed E-state index contributed by atoms with van der Waals surface area (Å²) in [6, 6.07) is 2.01. The average Bonchev–Trinajstić information content (AvgIpc) is 3.09. The van der Waals surface area contributed by atoms with Crippen molar-refractivity contribution < 1.29 is 14.7 Å². The topological polar surface area (TPSA) is 59.8 Å². The van der Waals surface area contributed by atoms with Gasteiger partial charge in [-0.05, 0) is 31.9 Å². The summed E-state index contributed by atoms with van der Waals surface area (Å²) in [5.74, 6) is 2.63. The summed E-state index contributed by atoms with van der Waals surface area (Å²) in [4.78, 5) is 4.62. The minimum atomic E-state index is 0.469. The first-order valence-corrected chi connectivity index (χ1v) is 10.4. The largest absolute Gasteiger partial charge is 0.382 e. The van der Waals surface area contributed by atoms with Crippen LogP contribution in [0.3, 0.4) is 0 Å². The molecule has 1 N–H and O–H groups in total. The highest BCUT2D eigenvalue weighted by Crippen LogP contribution is 2.26. The van der Waals surface area contributed by atoms with Gasteiger partial charge in [-0.25, -0.2) is 0 Å². The number of pyridine rings is 1. The van der Waals surface area contributed by atoms with Gasteiger partial charge in [-0.15, -0.1) is 6.42 Å². The zero-order chi connectivity index (χ0) is 22.8. The molecular formula is C25H33N3O3. The summed E-state index contributed by atoms with van der Waals surface area (Å²) in [6.45, 7) is 8.27. The number of ether oxygens (including phenoxy) is 2. The van der Waals surface area contributed by atoms with E-state index in [1.165, 1.54) is 5.57 Å². The van der Waals surface area contributed by atoms with Gasteiger partial charge in [0, 0.05) is 37.8 Å². The maximum Gasteiger partial charge on any atom is 0.0890 e. The quantitative estimate of drug-likeness (QED) is 0.244. The van der Waals surface area contributed by atoms with E-state index in [-0.39, 0.29) is 0 Å². The highest BCUT2D eigenvalue weighted by atomic mass is 16.5. The smallest absolute Gasteiger partial charge is 0.0890 e. The van der Waals surface area contributed by atoms with Crippen LogP contribution in [0.1, 0.15) is 38.4 Å². The fraction of sp³-hybridized carbons (Fsp3) is 0.400. The second-order valence-corrected chi connectivity index (χ2v) is 7.44. The van der Waals surface area contributed by atoms with Crippen molar-refractivity contribution in [1.82, 2.24) is 14.6 Å². The highest BCUT2D eigenvalue weighted by Gasteiger charge is 2.14. The van der Waals surface area contributed by atoms with Crippen LogP contribution in [0.4, 0.5) is 0 Å². The van der Waals surface area contributed by atoms with E-state index in [1.807, 2.05) is 44.3 Å². The van der Waals surface area contributed by atoms with Gasteiger partial charge in [-0.1, -0.05) is 36.6 Å². The minimum absolute atomic E-state index is 0.469. The van der Waals surface area contributed by atoms with Crippen LogP contribution in [0, 0.1) is 12.3 Å². The monoisotopic (exact) mass is 423 g/mol. The molecule has 0 fully saturated rings. The van der Waals surface area contributed by atoms with Crippen molar-refractivity contribution >= 4 is 16.6 Å². The first-order chi connectivity index (χ1) is 14.9. The molecule has 0 saturated carbocycles. The maximum absolute atomic E-state index is 10.0. The molecule has 0 aliphatic rings. The molecule has 2 aromatic heterocycles. The summed E-state index contributed by atoms with van der Waals surface area (Å²) < 4.78 is 13.0. The summed E-state index contributed by atoms with van der Waals surface area (Å²) in [7, 11) is 3.26. The van der Waals surface area contributed by atoms with Crippen molar-refractivity contribution in [2.45, 2.75) is 40.3 Å². The Labute approximate surface area is 185 Å². The van der Waals surface area contributed by atoms with Crippen LogP contribution in [-0.2, 0) is 22.6 Å². The standard InChI is InChI=1S/C25H33N3O3/c1-7-9-24(27(5)29)23-14-22-21(18-31-13-12-30-6)17-28(25(22)15-26-23)16-20(4)11-10-19(3)8-2/h2,9-11,14-15,17,29H,7,12-13,16,18H2,1,3-6H3/b19-10-,20-11+,24-9?. The van der Waals surface area contributed by atoms with Gasteiger partial charge in [-0.3, -0.25) is 15.3 Å². The lowest BCUT2D eigenvalue weighted by molar-refractivity contribution is 0.000210. The van der Waals surface area contributed by atoms with Gasteiger partial charge < -0.3 is 14.0 Å². The van der Waals surface area contributed by atoms with E-state index in [4.69, 9.17) is 15.9 Å². The van der Waals surface area contributed by atoms with Crippen LogP contribution in [0.5, 0.6) is 0 Å². The second-order valence-electron chi connectivity index (χ2n) is 7.44. The molecular weight excluding hydrogens is 390 g/mol. The van der Waals surface area contributed by atoms with Crippen molar-refractivity contribution in [3.05, 3.63) is 59.1 Å². The summed E-state index contributed by atoms with van der Waals surface area (Å²) in [5.41, 5.74) is 5.53. The minimum Gasteiger partial charge on any atom is -0.382 e. The van der Waals surface area contributed by atoms with Gasteiger partial charge in [0.15, 0.2) is 0 Å². The Hall–Kier alpha value is -2.85. The van der Waals surface area contributed by atoms with Crippen LogP contribution in [-0.4, -0.2) is 47.2 Å². The fourth-order valence-corrected chi connectivity index (χ4v) is 3.20. The molecule has 0 atom stereocenters. The van der Waals surface area contributed by atoms with E-state index in [0.717, 1.165) is 39.2 Å². The molecule has 2 aromatic rings. The Morgan fingerprint density at radius 2 is 2.10 bits per heavy atom. The summed E-state index contributed by atoms with van der Waals surface area (Å²) in [5, 5.41) is 12.2. The fourth-order valence-electron chi connectivity index (χ4n) is 3.20. The average molecular weight is 424 g/mol. The van der Waals surface area contributed by atoms with Crippen molar-refractivity contribution in [2.75, 3.05) is 27.4 Å². The SMILES string of the molecule is C#C/C(C)=C\C=C(/C)Cn1cc(COCCOC)c2cc(C(=CCC)N(C)O)ncc21. The molecule has 6 nitrogen and oxygen atoms in total. The van der Waals surface area contributed by atoms with Gasteiger partial charge in [0.05, 0.1) is 42.9 Å². The molecule has 166 valence electrons. The lowest BCUT2D eigenvalue weighted by atomic mass is 10.1. The van der Waals surface area contributed by atoms with Gasteiger partial charge in [0.2, 0.25) is 0 Å². The zero-order valence-corrected chi connectivity index (χ0v) is 19.2. The molecule has 0 bridgehead atoms. The van der Waals surface area contributed by atoms with Crippen LogP contribution in [0.2, 0.25) is 0 Å². The molecule has 2 heterocycles. The number of hydroxylamine groups is 2. The predicted molar refractivity (Wildman–Crippen MR) is 125 cm³/mol. The van der Waals surface area contributed by atoms with Crippen LogP contribution in [0.15, 0.2) is 47.8 Å². The molecule has 2 rings (SSSR count). The molecule has 0 aliphatic carbocycles. The van der Waals surface area contributed by atoms with Crippen LogP contribution >= 0.6 is 0 Å². The number of methoxy groups -OCH3 is 1. The van der Waals surface area contributed by atoms with E-state index < -0.39 is 0 Å². The van der Waals surface area contributed by atoms with E-state index in [1.54, 1.807) is 14.2 Å². The molecule has 0 amide bonds. The molecule has 0 aromatic carbocycles. The van der Waals surface area contributed by atoms with E-state index in [0.29, 0.717) is 32.1 Å². The Morgan fingerprint density at radius 3 is 2.74 bits per heavy atom. The number of fused-ring (bicyclic) bond motifs is 1. The first-order valence-electron chi connectivity index (χ1n) is 10.4. The normalized spacial score (nSPS) is 13.0. The van der Waals surface area contributed by atoms with Crippen molar-refractivity contribution in [2.24, 2.45) is 0 Å². The summed E-state index contributed by atoms with van der Waals surface area (Å²) in [6.07, 6.45) is 16.1. The predicted octanol–water partition coefficient (Wildman–Crippen LogP) is 4.80. The number of hydrogen-bond donors (Lipinski definition) is 1. The second kappa shape index (κ2) is 12.1. The van der Waals surface area contributed by atoms with Crippen molar-refractivity contribution in [1.29, 1.82) is 0 Å². The lowest BCUT2D eigenvalue weighted by Gasteiger charge is -2.15. The molecule has 0 saturated heterocycles. The Balaban J connectivity index is 2.46. The number of aromatic nitrogens is 2. The third kappa shape index (κ3) is 6.83.